The minimum Gasteiger partial charge on any atom is -0.391 e. The predicted octanol–water partition coefficient (Wildman–Crippen LogP) is 0.319. The molecule has 1 atom stereocenters. The van der Waals surface area contributed by atoms with E-state index in [0.717, 1.165) is 0 Å². The molecule has 0 radical (unpaired) electrons. The van der Waals surface area contributed by atoms with E-state index in [0.29, 0.717) is 25.1 Å². The number of methoxy groups -OCH3 is 1. The highest BCUT2D eigenvalue weighted by Gasteiger charge is 2.14. The number of nitriles is 1. The molecule has 1 rings (SSSR count). The van der Waals surface area contributed by atoms with Crippen molar-refractivity contribution in [3.63, 3.8) is 0 Å². The standard InChI is InChI=1S/C14H20N2O4S/c1-20-11-13(17)5-6-16-7-8-21(18,19)14-4-2-3-12(9-14)10-15/h2-4,9,13,16-17H,5-8,11H2,1H3. The largest absolute Gasteiger partial charge is 0.391 e. The molecular weight excluding hydrogens is 292 g/mol. The molecule has 1 aromatic carbocycles. The van der Waals surface area contributed by atoms with Crippen molar-refractivity contribution in [1.29, 1.82) is 5.26 Å². The van der Waals surface area contributed by atoms with Crippen molar-refractivity contribution in [2.45, 2.75) is 17.4 Å². The van der Waals surface area contributed by atoms with Gasteiger partial charge in [0.2, 0.25) is 0 Å². The molecule has 0 saturated carbocycles. The van der Waals surface area contributed by atoms with Gasteiger partial charge in [0.15, 0.2) is 9.84 Å². The van der Waals surface area contributed by atoms with Crippen LogP contribution in [-0.4, -0.2) is 52.2 Å². The molecule has 0 aromatic heterocycles. The van der Waals surface area contributed by atoms with Gasteiger partial charge in [0.25, 0.3) is 0 Å². The monoisotopic (exact) mass is 312 g/mol. The molecule has 0 aliphatic rings. The summed E-state index contributed by atoms with van der Waals surface area (Å²) in [4.78, 5) is 0.155. The fraction of sp³-hybridized carbons (Fsp3) is 0.500. The summed E-state index contributed by atoms with van der Waals surface area (Å²) in [6, 6.07) is 7.90. The van der Waals surface area contributed by atoms with Crippen molar-refractivity contribution >= 4 is 9.84 Å². The summed E-state index contributed by atoms with van der Waals surface area (Å²) in [6.07, 6.45) is -0.0518. The highest BCUT2D eigenvalue weighted by atomic mass is 32.2. The van der Waals surface area contributed by atoms with Gasteiger partial charge in [-0.25, -0.2) is 8.42 Å². The van der Waals surface area contributed by atoms with E-state index in [9.17, 15) is 13.5 Å². The van der Waals surface area contributed by atoms with Crippen molar-refractivity contribution in [3.8, 4) is 6.07 Å². The molecule has 1 unspecified atom stereocenters. The normalized spacial score (nSPS) is 12.8. The molecule has 21 heavy (non-hydrogen) atoms. The van der Waals surface area contributed by atoms with Crippen LogP contribution in [0.2, 0.25) is 0 Å². The lowest BCUT2D eigenvalue weighted by molar-refractivity contribution is 0.0595. The van der Waals surface area contributed by atoms with Crippen molar-refractivity contribution in [1.82, 2.24) is 5.32 Å². The van der Waals surface area contributed by atoms with Gasteiger partial charge in [-0.2, -0.15) is 5.26 Å². The Morgan fingerprint density at radius 1 is 1.43 bits per heavy atom. The molecule has 6 nitrogen and oxygen atoms in total. The second kappa shape index (κ2) is 8.74. The Labute approximate surface area is 125 Å². The van der Waals surface area contributed by atoms with Crippen molar-refractivity contribution in [3.05, 3.63) is 29.8 Å². The average Bonchev–Trinajstić information content (AvgIpc) is 2.47. The van der Waals surface area contributed by atoms with Crippen LogP contribution in [0.25, 0.3) is 0 Å². The summed E-state index contributed by atoms with van der Waals surface area (Å²) in [5, 5.41) is 21.2. The van der Waals surface area contributed by atoms with Gasteiger partial charge in [-0.1, -0.05) is 6.07 Å². The fourth-order valence-corrected chi connectivity index (χ4v) is 2.99. The number of rotatable bonds is 9. The van der Waals surface area contributed by atoms with Crippen LogP contribution < -0.4 is 5.32 Å². The average molecular weight is 312 g/mol. The highest BCUT2D eigenvalue weighted by molar-refractivity contribution is 7.91. The number of hydrogen-bond acceptors (Lipinski definition) is 6. The Hall–Kier alpha value is -1.46. The first-order valence-corrected chi connectivity index (χ1v) is 8.25. The molecule has 1 aromatic rings. The third-order valence-corrected chi connectivity index (χ3v) is 4.60. The van der Waals surface area contributed by atoms with E-state index < -0.39 is 15.9 Å². The van der Waals surface area contributed by atoms with E-state index in [1.54, 1.807) is 12.1 Å². The fourth-order valence-electron chi connectivity index (χ4n) is 1.75. The van der Waals surface area contributed by atoms with Crippen LogP contribution in [0.3, 0.4) is 0 Å². The van der Waals surface area contributed by atoms with E-state index >= 15 is 0 Å². The smallest absolute Gasteiger partial charge is 0.179 e. The van der Waals surface area contributed by atoms with Gasteiger partial charge in [-0.3, -0.25) is 0 Å². The molecule has 0 saturated heterocycles. The molecule has 7 heteroatoms. The molecular formula is C14H20N2O4S. The van der Waals surface area contributed by atoms with E-state index in [2.05, 4.69) is 5.32 Å². The van der Waals surface area contributed by atoms with Gasteiger partial charge in [0, 0.05) is 13.7 Å². The van der Waals surface area contributed by atoms with Crippen LogP contribution in [0.15, 0.2) is 29.2 Å². The molecule has 0 aliphatic carbocycles. The number of sulfone groups is 1. The van der Waals surface area contributed by atoms with Crippen molar-refractivity contribution < 1.29 is 18.3 Å². The molecule has 0 amide bonds. The Kier molecular flexibility index (Phi) is 7.32. The Bertz CT molecular complexity index is 581. The lowest BCUT2D eigenvalue weighted by atomic mass is 10.2. The van der Waals surface area contributed by atoms with Crippen LogP contribution in [0, 0.1) is 11.3 Å². The first kappa shape index (κ1) is 17.6. The summed E-state index contributed by atoms with van der Waals surface area (Å²) < 4.78 is 29.0. The molecule has 0 fully saturated rings. The first-order chi connectivity index (χ1) is 9.99. The van der Waals surface area contributed by atoms with Crippen LogP contribution in [0.1, 0.15) is 12.0 Å². The lowest BCUT2D eigenvalue weighted by Gasteiger charge is -2.10. The van der Waals surface area contributed by atoms with Gasteiger partial charge >= 0.3 is 0 Å². The molecule has 0 bridgehead atoms. The zero-order valence-electron chi connectivity index (χ0n) is 11.9. The van der Waals surface area contributed by atoms with Gasteiger partial charge < -0.3 is 15.2 Å². The quantitative estimate of drug-likeness (QED) is 0.637. The van der Waals surface area contributed by atoms with Gasteiger partial charge in [0.05, 0.1) is 35.0 Å². The lowest BCUT2D eigenvalue weighted by Crippen LogP contribution is -2.27. The Balaban J connectivity index is 2.42. The van der Waals surface area contributed by atoms with Crippen LogP contribution >= 0.6 is 0 Å². The number of nitrogens with zero attached hydrogens (tertiary/aromatic N) is 1. The third kappa shape index (κ3) is 6.23. The predicted molar refractivity (Wildman–Crippen MR) is 78.6 cm³/mol. The maximum atomic E-state index is 12.1. The summed E-state index contributed by atoms with van der Waals surface area (Å²) in [7, 11) is -1.89. The molecule has 0 heterocycles. The summed E-state index contributed by atoms with van der Waals surface area (Å²) in [5.41, 5.74) is 0.326. The van der Waals surface area contributed by atoms with E-state index in [1.165, 1.54) is 19.2 Å². The molecule has 116 valence electrons. The van der Waals surface area contributed by atoms with E-state index in [1.807, 2.05) is 6.07 Å². The second-order valence-electron chi connectivity index (χ2n) is 4.61. The Morgan fingerprint density at radius 2 is 2.19 bits per heavy atom. The molecule has 0 spiro atoms. The zero-order chi connectivity index (χ0) is 15.7. The van der Waals surface area contributed by atoms with Crippen LogP contribution in [0.5, 0.6) is 0 Å². The minimum atomic E-state index is -3.40. The minimum absolute atomic E-state index is 0.0533. The maximum Gasteiger partial charge on any atom is 0.179 e. The Morgan fingerprint density at radius 3 is 2.86 bits per heavy atom. The van der Waals surface area contributed by atoms with E-state index in [4.69, 9.17) is 10.00 Å². The third-order valence-electron chi connectivity index (χ3n) is 2.88. The van der Waals surface area contributed by atoms with Crippen LogP contribution in [-0.2, 0) is 14.6 Å². The SMILES string of the molecule is COCC(O)CCNCCS(=O)(=O)c1cccc(C#N)c1. The summed E-state index contributed by atoms with van der Waals surface area (Å²) in [5.74, 6) is -0.0533. The maximum absolute atomic E-state index is 12.1. The topological polar surface area (TPSA) is 99.4 Å². The zero-order valence-corrected chi connectivity index (χ0v) is 12.8. The van der Waals surface area contributed by atoms with Gasteiger partial charge in [0.1, 0.15) is 0 Å². The van der Waals surface area contributed by atoms with Crippen LogP contribution in [0.4, 0.5) is 0 Å². The molecule has 0 aliphatic heterocycles. The summed E-state index contributed by atoms with van der Waals surface area (Å²) in [6.45, 7) is 1.07. The van der Waals surface area contributed by atoms with E-state index in [-0.39, 0.29) is 17.3 Å². The van der Waals surface area contributed by atoms with Crippen molar-refractivity contribution in [2.24, 2.45) is 0 Å². The molecule has 2 N–H and O–H groups in total. The second-order valence-corrected chi connectivity index (χ2v) is 6.72. The van der Waals surface area contributed by atoms with Crippen molar-refractivity contribution in [2.75, 3.05) is 32.6 Å². The number of nitrogens with one attached hydrogen (secondary N) is 1. The number of aliphatic hydroxyl groups is 1. The number of hydrogen-bond donors (Lipinski definition) is 2. The van der Waals surface area contributed by atoms with Gasteiger partial charge in [-0.15, -0.1) is 0 Å². The number of aliphatic hydroxyl groups excluding tert-OH is 1. The summed E-state index contributed by atoms with van der Waals surface area (Å²) >= 11 is 0. The number of benzene rings is 1. The van der Waals surface area contributed by atoms with Gasteiger partial charge in [-0.05, 0) is 31.2 Å². The number of ether oxygens (including phenoxy) is 1. The first-order valence-electron chi connectivity index (χ1n) is 6.60. The highest BCUT2D eigenvalue weighted by Crippen LogP contribution is 2.12.